The van der Waals surface area contributed by atoms with E-state index in [2.05, 4.69) is 15.0 Å². The zero-order chi connectivity index (χ0) is 25.0. The van der Waals surface area contributed by atoms with E-state index in [0.717, 1.165) is 16.8 Å². The van der Waals surface area contributed by atoms with Crippen molar-refractivity contribution >= 4 is 35.0 Å². The highest BCUT2D eigenvalue weighted by Gasteiger charge is 2.31. The lowest BCUT2D eigenvalue weighted by Gasteiger charge is -2.14. The largest absolute Gasteiger partial charge is 0.573 e. The molecular weight excluding hydrogens is 499 g/mol. The number of carbonyl (C=O) groups excluding carboxylic acids is 1. The fraction of sp³-hybridized carbons (Fsp3) is 0.120. The maximum Gasteiger partial charge on any atom is 0.573 e. The predicted octanol–water partition coefficient (Wildman–Crippen LogP) is 7.13. The highest BCUT2D eigenvalue weighted by atomic mass is 35.5. The maximum atomic E-state index is 12.6. The molecule has 3 aromatic carbocycles. The third-order valence-corrected chi connectivity index (χ3v) is 6.07. The van der Waals surface area contributed by atoms with Crippen LogP contribution in [0.1, 0.15) is 5.56 Å². The quantitative estimate of drug-likeness (QED) is 0.265. The van der Waals surface area contributed by atoms with E-state index in [9.17, 15) is 18.0 Å². The minimum atomic E-state index is -4.78. The minimum absolute atomic E-state index is 0.0717. The summed E-state index contributed by atoms with van der Waals surface area (Å²) in [5.41, 5.74) is 3.88. The number of alkyl halides is 3. The van der Waals surface area contributed by atoms with E-state index in [0.29, 0.717) is 21.6 Å². The number of carbonyl (C=O) groups is 1. The van der Waals surface area contributed by atoms with E-state index in [4.69, 9.17) is 11.6 Å². The molecule has 0 saturated heterocycles. The third kappa shape index (κ3) is 6.58. The van der Waals surface area contributed by atoms with Gasteiger partial charge in [0.15, 0.2) is 5.16 Å². The second kappa shape index (κ2) is 10.5. The second-order valence-corrected chi connectivity index (χ2v) is 8.89. The Balaban J connectivity index is 1.60. The molecule has 0 aliphatic rings. The molecule has 0 radical (unpaired) electrons. The number of benzene rings is 3. The minimum Gasteiger partial charge on any atom is -0.406 e. The van der Waals surface area contributed by atoms with Gasteiger partial charge in [-0.1, -0.05) is 53.2 Å². The Morgan fingerprint density at radius 3 is 2.31 bits per heavy atom. The van der Waals surface area contributed by atoms with E-state index >= 15 is 0 Å². The first-order valence-corrected chi connectivity index (χ1v) is 11.7. The van der Waals surface area contributed by atoms with Crippen LogP contribution in [-0.4, -0.2) is 27.6 Å². The number of ether oxygens (including phenoxy) is 1. The van der Waals surface area contributed by atoms with Crippen molar-refractivity contribution in [1.82, 2.24) is 9.55 Å². The Kier molecular flexibility index (Phi) is 7.37. The molecule has 0 aliphatic heterocycles. The van der Waals surface area contributed by atoms with Crippen LogP contribution < -0.4 is 10.1 Å². The number of nitrogens with zero attached hydrogens (tertiary/aromatic N) is 2. The summed E-state index contributed by atoms with van der Waals surface area (Å²) in [7, 11) is 0. The molecule has 0 spiro atoms. The molecule has 0 unspecified atom stereocenters. The lowest BCUT2D eigenvalue weighted by molar-refractivity contribution is -0.274. The van der Waals surface area contributed by atoms with Gasteiger partial charge in [0.1, 0.15) is 5.75 Å². The highest BCUT2D eigenvalue weighted by Crippen LogP contribution is 2.32. The molecule has 5 nitrogen and oxygen atoms in total. The van der Waals surface area contributed by atoms with Gasteiger partial charge in [-0.05, 0) is 55.5 Å². The van der Waals surface area contributed by atoms with Crippen molar-refractivity contribution in [1.29, 1.82) is 0 Å². The summed E-state index contributed by atoms with van der Waals surface area (Å²) in [5.74, 6) is -0.491. The van der Waals surface area contributed by atoms with Crippen LogP contribution in [0.3, 0.4) is 0 Å². The van der Waals surface area contributed by atoms with Crippen LogP contribution >= 0.6 is 23.4 Å². The van der Waals surface area contributed by atoms with Gasteiger partial charge < -0.3 is 10.1 Å². The van der Waals surface area contributed by atoms with Gasteiger partial charge >= 0.3 is 6.36 Å². The average Bonchev–Trinajstić information content (AvgIpc) is 3.23. The molecule has 0 bridgehead atoms. The number of aromatic nitrogens is 2. The summed E-state index contributed by atoms with van der Waals surface area (Å²) in [4.78, 5) is 17.0. The Hall–Kier alpha value is -3.43. The van der Waals surface area contributed by atoms with Crippen molar-refractivity contribution in [3.8, 4) is 22.7 Å². The molecule has 180 valence electrons. The van der Waals surface area contributed by atoms with Gasteiger partial charge in [0, 0.05) is 22.0 Å². The standard InChI is InChI=1S/C25H19ClF3N3O2S/c1-16-2-4-17(5-3-16)22-14-30-24(35-15-23(33)31-19-8-6-18(26)7-9-19)32(22)20-10-12-21(13-11-20)34-25(27,28)29/h2-14H,15H2,1H3,(H,31,33). The van der Waals surface area contributed by atoms with E-state index in [1.165, 1.54) is 36.0 Å². The monoisotopic (exact) mass is 517 g/mol. The molecule has 1 amide bonds. The van der Waals surface area contributed by atoms with Crippen molar-refractivity contribution in [2.75, 3.05) is 11.1 Å². The fourth-order valence-corrected chi connectivity index (χ4v) is 4.19. The van der Waals surface area contributed by atoms with Crippen LogP contribution in [0.2, 0.25) is 5.02 Å². The number of aryl methyl sites for hydroxylation is 1. The zero-order valence-electron chi connectivity index (χ0n) is 18.3. The molecule has 4 aromatic rings. The number of nitrogens with one attached hydrogen (secondary N) is 1. The van der Waals surface area contributed by atoms with Crippen molar-refractivity contribution in [2.45, 2.75) is 18.4 Å². The normalized spacial score (nSPS) is 11.3. The van der Waals surface area contributed by atoms with Crippen molar-refractivity contribution in [3.05, 3.63) is 89.6 Å². The van der Waals surface area contributed by atoms with E-state index in [1.54, 1.807) is 35.0 Å². The number of imidazole rings is 1. The van der Waals surface area contributed by atoms with Gasteiger partial charge in [-0.25, -0.2) is 4.98 Å². The smallest absolute Gasteiger partial charge is 0.406 e. The molecule has 0 atom stereocenters. The lowest BCUT2D eigenvalue weighted by Crippen LogP contribution is -2.17. The van der Waals surface area contributed by atoms with Crippen LogP contribution in [0, 0.1) is 6.92 Å². The first kappa shape index (κ1) is 24.7. The van der Waals surface area contributed by atoms with Gasteiger partial charge in [-0.15, -0.1) is 13.2 Å². The molecule has 0 fully saturated rings. The Morgan fingerprint density at radius 2 is 1.69 bits per heavy atom. The Morgan fingerprint density at radius 1 is 1.03 bits per heavy atom. The van der Waals surface area contributed by atoms with Crippen LogP contribution in [-0.2, 0) is 4.79 Å². The number of rotatable bonds is 7. The van der Waals surface area contributed by atoms with Crippen LogP contribution in [0.5, 0.6) is 5.75 Å². The number of thioether (sulfide) groups is 1. The van der Waals surface area contributed by atoms with Crippen molar-refractivity contribution in [2.24, 2.45) is 0 Å². The summed E-state index contributed by atoms with van der Waals surface area (Å²) in [5, 5.41) is 3.87. The van der Waals surface area contributed by atoms with Gasteiger partial charge in [-0.3, -0.25) is 9.36 Å². The number of hydrogen-bond acceptors (Lipinski definition) is 4. The van der Waals surface area contributed by atoms with Crippen LogP contribution in [0.25, 0.3) is 16.9 Å². The molecular formula is C25H19ClF3N3O2S. The predicted molar refractivity (Wildman–Crippen MR) is 131 cm³/mol. The first-order valence-electron chi connectivity index (χ1n) is 10.4. The number of anilines is 1. The molecule has 1 aromatic heterocycles. The topological polar surface area (TPSA) is 56.2 Å². The molecule has 1 heterocycles. The van der Waals surface area contributed by atoms with E-state index < -0.39 is 6.36 Å². The number of hydrogen-bond donors (Lipinski definition) is 1. The highest BCUT2D eigenvalue weighted by molar-refractivity contribution is 7.99. The van der Waals surface area contributed by atoms with Crippen LogP contribution in [0.15, 0.2) is 84.1 Å². The van der Waals surface area contributed by atoms with Gasteiger partial charge in [0.2, 0.25) is 5.91 Å². The lowest BCUT2D eigenvalue weighted by atomic mass is 10.1. The summed E-state index contributed by atoms with van der Waals surface area (Å²) < 4.78 is 43.5. The fourth-order valence-electron chi connectivity index (χ4n) is 3.27. The first-order chi connectivity index (χ1) is 16.7. The third-order valence-electron chi connectivity index (χ3n) is 4.87. The molecule has 0 aliphatic carbocycles. The van der Waals surface area contributed by atoms with Crippen molar-refractivity contribution < 1.29 is 22.7 Å². The summed E-state index contributed by atoms with van der Waals surface area (Å²) >= 11 is 7.08. The molecule has 35 heavy (non-hydrogen) atoms. The zero-order valence-corrected chi connectivity index (χ0v) is 19.9. The average molecular weight is 518 g/mol. The molecule has 1 N–H and O–H groups in total. The summed E-state index contributed by atoms with van der Waals surface area (Å²) in [6, 6.07) is 20.0. The number of amides is 1. The van der Waals surface area contributed by atoms with Crippen molar-refractivity contribution in [3.63, 3.8) is 0 Å². The Bertz CT molecular complexity index is 1310. The molecule has 10 heteroatoms. The van der Waals surface area contributed by atoms with E-state index in [-0.39, 0.29) is 17.4 Å². The maximum absolute atomic E-state index is 12.6. The molecule has 0 saturated carbocycles. The number of halogens is 4. The SMILES string of the molecule is Cc1ccc(-c2cnc(SCC(=O)Nc3ccc(Cl)cc3)n2-c2ccc(OC(F)(F)F)cc2)cc1. The van der Waals surface area contributed by atoms with Gasteiger partial charge in [-0.2, -0.15) is 0 Å². The van der Waals surface area contributed by atoms with Gasteiger partial charge in [0.25, 0.3) is 0 Å². The Labute approximate surface area is 208 Å². The van der Waals surface area contributed by atoms with E-state index in [1.807, 2.05) is 31.2 Å². The summed E-state index contributed by atoms with van der Waals surface area (Å²) in [6.07, 6.45) is -3.10. The van der Waals surface area contributed by atoms with Crippen LogP contribution in [0.4, 0.5) is 18.9 Å². The van der Waals surface area contributed by atoms with Gasteiger partial charge in [0.05, 0.1) is 17.6 Å². The second-order valence-electron chi connectivity index (χ2n) is 7.51. The summed E-state index contributed by atoms with van der Waals surface area (Å²) in [6.45, 7) is 1.97. The molecule has 4 rings (SSSR count).